The molecule has 0 spiro atoms. The normalized spacial score (nSPS) is 18.4. The van der Waals surface area contributed by atoms with Crippen LogP contribution in [0.5, 0.6) is 0 Å². The van der Waals surface area contributed by atoms with Crippen molar-refractivity contribution in [2.75, 3.05) is 19.5 Å². The lowest BCUT2D eigenvalue weighted by Crippen LogP contribution is -2.37. The second-order valence-electron chi connectivity index (χ2n) is 3.73. The zero-order chi connectivity index (χ0) is 11.3. The van der Waals surface area contributed by atoms with Crippen LogP contribution in [-0.4, -0.2) is 33.9 Å². The van der Waals surface area contributed by atoms with Crippen molar-refractivity contribution in [2.45, 2.75) is 25.3 Å². The molecule has 0 aromatic rings. The van der Waals surface area contributed by atoms with Crippen molar-refractivity contribution >= 4 is 10.0 Å². The molecule has 0 aromatic heterocycles. The third-order valence-corrected chi connectivity index (χ3v) is 3.74. The van der Waals surface area contributed by atoms with Gasteiger partial charge in [0.1, 0.15) is 6.04 Å². The molecular weight excluding hydrogens is 216 g/mol. The van der Waals surface area contributed by atoms with E-state index in [2.05, 4.69) is 4.72 Å². The average molecular weight is 232 g/mol. The van der Waals surface area contributed by atoms with E-state index in [-0.39, 0.29) is 11.7 Å². The predicted molar refractivity (Wildman–Crippen MR) is 55.5 cm³/mol. The van der Waals surface area contributed by atoms with Crippen LogP contribution in [0.3, 0.4) is 0 Å². The van der Waals surface area contributed by atoms with Crippen LogP contribution in [0.25, 0.3) is 0 Å². The van der Waals surface area contributed by atoms with Gasteiger partial charge in [0.05, 0.1) is 11.8 Å². The minimum Gasteiger partial charge on any atom is -0.385 e. The van der Waals surface area contributed by atoms with Gasteiger partial charge in [0.2, 0.25) is 10.0 Å². The van der Waals surface area contributed by atoms with E-state index >= 15 is 0 Å². The summed E-state index contributed by atoms with van der Waals surface area (Å²) in [5.41, 5.74) is 0. The molecule has 1 atom stereocenters. The van der Waals surface area contributed by atoms with E-state index < -0.39 is 16.1 Å². The van der Waals surface area contributed by atoms with Gasteiger partial charge in [0.15, 0.2) is 0 Å². The van der Waals surface area contributed by atoms with Gasteiger partial charge < -0.3 is 4.74 Å². The maximum Gasteiger partial charge on any atom is 0.212 e. The standard InChI is InChI=1S/C9H16N2O3S/c1-14-5-2-6-15(12,13)11-9(7-10)8-3-4-8/h8-9,11H,2-6H2,1H3. The molecule has 0 radical (unpaired) electrons. The second kappa shape index (κ2) is 5.45. The summed E-state index contributed by atoms with van der Waals surface area (Å²) in [6, 6.07) is 1.45. The van der Waals surface area contributed by atoms with Crippen LogP contribution in [0.15, 0.2) is 0 Å². The number of rotatable bonds is 7. The monoisotopic (exact) mass is 232 g/mol. The van der Waals surface area contributed by atoms with Crippen LogP contribution in [0.1, 0.15) is 19.3 Å². The Morgan fingerprint density at radius 1 is 1.60 bits per heavy atom. The molecule has 0 heterocycles. The molecule has 1 aliphatic rings. The minimum absolute atomic E-state index is 0.0196. The van der Waals surface area contributed by atoms with E-state index in [0.29, 0.717) is 13.0 Å². The molecule has 0 aromatic carbocycles. The van der Waals surface area contributed by atoms with Gasteiger partial charge in [-0.1, -0.05) is 0 Å². The van der Waals surface area contributed by atoms with Crippen molar-refractivity contribution in [3.05, 3.63) is 0 Å². The molecule has 1 unspecified atom stereocenters. The first-order valence-electron chi connectivity index (χ1n) is 4.97. The number of hydrogen-bond donors (Lipinski definition) is 1. The molecule has 1 rings (SSSR count). The zero-order valence-corrected chi connectivity index (χ0v) is 9.59. The molecule has 1 saturated carbocycles. The predicted octanol–water partition coefficient (Wildman–Crippen LogP) is 0.244. The van der Waals surface area contributed by atoms with Gasteiger partial charge in [-0.05, 0) is 25.2 Å². The summed E-state index contributed by atoms with van der Waals surface area (Å²) >= 11 is 0. The van der Waals surface area contributed by atoms with E-state index in [0.717, 1.165) is 12.8 Å². The number of ether oxygens (including phenoxy) is 1. The van der Waals surface area contributed by atoms with Crippen molar-refractivity contribution in [3.8, 4) is 6.07 Å². The van der Waals surface area contributed by atoms with Crippen molar-refractivity contribution in [1.29, 1.82) is 5.26 Å². The molecular formula is C9H16N2O3S. The summed E-state index contributed by atoms with van der Waals surface area (Å²) in [6.07, 6.45) is 2.34. The lowest BCUT2D eigenvalue weighted by Gasteiger charge is -2.10. The topological polar surface area (TPSA) is 79.2 Å². The van der Waals surface area contributed by atoms with Gasteiger partial charge in [-0.15, -0.1) is 0 Å². The first-order valence-corrected chi connectivity index (χ1v) is 6.63. The van der Waals surface area contributed by atoms with Crippen LogP contribution in [0, 0.1) is 17.2 Å². The Balaban J connectivity index is 2.37. The van der Waals surface area contributed by atoms with Crippen LogP contribution >= 0.6 is 0 Å². The Kier molecular flexibility index (Phi) is 4.51. The highest BCUT2D eigenvalue weighted by Gasteiger charge is 2.33. The summed E-state index contributed by atoms with van der Waals surface area (Å²) < 4.78 is 30.2. The lowest BCUT2D eigenvalue weighted by atomic mass is 10.2. The van der Waals surface area contributed by atoms with Crippen LogP contribution < -0.4 is 4.72 Å². The molecule has 1 fully saturated rings. The molecule has 1 N–H and O–H groups in total. The number of hydrogen-bond acceptors (Lipinski definition) is 4. The smallest absolute Gasteiger partial charge is 0.212 e. The fourth-order valence-corrected chi connectivity index (χ4v) is 2.55. The Morgan fingerprint density at radius 2 is 2.27 bits per heavy atom. The first-order chi connectivity index (χ1) is 7.09. The molecule has 15 heavy (non-hydrogen) atoms. The highest BCUT2D eigenvalue weighted by molar-refractivity contribution is 7.89. The van der Waals surface area contributed by atoms with E-state index in [1.54, 1.807) is 0 Å². The highest BCUT2D eigenvalue weighted by Crippen LogP contribution is 2.32. The summed E-state index contributed by atoms with van der Waals surface area (Å²) in [7, 11) is -1.79. The Morgan fingerprint density at radius 3 is 2.73 bits per heavy atom. The van der Waals surface area contributed by atoms with E-state index in [4.69, 9.17) is 10.00 Å². The highest BCUT2D eigenvalue weighted by atomic mass is 32.2. The molecule has 5 nitrogen and oxygen atoms in total. The van der Waals surface area contributed by atoms with Gasteiger partial charge in [-0.2, -0.15) is 9.98 Å². The van der Waals surface area contributed by atoms with Crippen LogP contribution in [0.4, 0.5) is 0 Å². The molecule has 1 aliphatic carbocycles. The summed E-state index contributed by atoms with van der Waals surface area (Å²) in [6.45, 7) is 0.418. The van der Waals surface area contributed by atoms with Gasteiger partial charge in [0.25, 0.3) is 0 Å². The van der Waals surface area contributed by atoms with Crippen molar-refractivity contribution in [3.63, 3.8) is 0 Å². The molecule has 0 bridgehead atoms. The minimum atomic E-state index is -3.32. The number of nitrogens with zero attached hydrogens (tertiary/aromatic N) is 1. The van der Waals surface area contributed by atoms with Crippen molar-refractivity contribution in [1.82, 2.24) is 4.72 Å². The Labute approximate surface area is 90.5 Å². The van der Waals surface area contributed by atoms with E-state index in [9.17, 15) is 8.42 Å². The third kappa shape index (κ3) is 4.60. The summed E-state index contributed by atoms with van der Waals surface area (Å²) in [5, 5.41) is 8.77. The first kappa shape index (κ1) is 12.4. The molecule has 0 amide bonds. The Bertz CT molecular complexity index is 330. The number of nitriles is 1. The summed E-state index contributed by atoms with van der Waals surface area (Å²) in [5.74, 6) is 0.235. The van der Waals surface area contributed by atoms with Crippen LogP contribution in [0.2, 0.25) is 0 Å². The molecule has 6 heteroatoms. The van der Waals surface area contributed by atoms with Crippen LogP contribution in [-0.2, 0) is 14.8 Å². The number of sulfonamides is 1. The maximum atomic E-state index is 11.5. The molecule has 0 aliphatic heterocycles. The van der Waals surface area contributed by atoms with Crippen molar-refractivity contribution < 1.29 is 13.2 Å². The fourth-order valence-electron chi connectivity index (χ4n) is 1.30. The zero-order valence-electron chi connectivity index (χ0n) is 8.77. The van der Waals surface area contributed by atoms with Gasteiger partial charge in [-0.3, -0.25) is 0 Å². The van der Waals surface area contributed by atoms with Crippen molar-refractivity contribution in [2.24, 2.45) is 5.92 Å². The summed E-state index contributed by atoms with van der Waals surface area (Å²) in [4.78, 5) is 0. The lowest BCUT2D eigenvalue weighted by molar-refractivity contribution is 0.199. The number of methoxy groups -OCH3 is 1. The van der Waals surface area contributed by atoms with Gasteiger partial charge >= 0.3 is 0 Å². The average Bonchev–Trinajstić information content (AvgIpc) is 2.98. The third-order valence-electron chi connectivity index (χ3n) is 2.30. The quantitative estimate of drug-likeness (QED) is 0.638. The number of nitrogens with one attached hydrogen (secondary N) is 1. The van der Waals surface area contributed by atoms with Gasteiger partial charge in [-0.25, -0.2) is 8.42 Å². The largest absolute Gasteiger partial charge is 0.385 e. The van der Waals surface area contributed by atoms with E-state index in [1.165, 1.54) is 7.11 Å². The SMILES string of the molecule is COCCCS(=O)(=O)NC(C#N)C1CC1. The maximum absolute atomic E-state index is 11.5. The van der Waals surface area contributed by atoms with Gasteiger partial charge in [0, 0.05) is 13.7 Å². The Hall–Kier alpha value is -0.640. The second-order valence-corrected chi connectivity index (χ2v) is 5.60. The molecule has 86 valence electrons. The molecule has 0 saturated heterocycles. The fraction of sp³-hybridized carbons (Fsp3) is 0.889. The van der Waals surface area contributed by atoms with E-state index in [1.807, 2.05) is 6.07 Å².